The van der Waals surface area contributed by atoms with Crippen molar-refractivity contribution in [1.29, 1.82) is 0 Å². The first-order valence-corrected chi connectivity index (χ1v) is 9.82. The van der Waals surface area contributed by atoms with Crippen molar-refractivity contribution >= 4 is 11.8 Å². The van der Waals surface area contributed by atoms with Crippen molar-refractivity contribution in [3.05, 3.63) is 35.4 Å². The molecule has 1 aromatic carbocycles. The van der Waals surface area contributed by atoms with Gasteiger partial charge in [0.15, 0.2) is 6.10 Å². The molecule has 2 aliphatic heterocycles. The molecule has 0 aromatic heterocycles. The lowest BCUT2D eigenvalue weighted by Crippen LogP contribution is -2.54. The van der Waals surface area contributed by atoms with Gasteiger partial charge in [-0.15, -0.1) is 0 Å². The molecule has 0 saturated carbocycles. The summed E-state index contributed by atoms with van der Waals surface area (Å²) in [5.74, 6) is 0.332. The largest absolute Gasteiger partial charge is 0.381 e. The smallest absolute Gasteiger partial charge is 0.254 e. The Morgan fingerprint density at radius 3 is 2.63 bits per heavy atom. The summed E-state index contributed by atoms with van der Waals surface area (Å²) in [6, 6.07) is 7.49. The first-order valence-electron chi connectivity index (χ1n) is 9.82. The molecule has 27 heavy (non-hydrogen) atoms. The zero-order valence-corrected chi connectivity index (χ0v) is 16.5. The summed E-state index contributed by atoms with van der Waals surface area (Å²) >= 11 is 0. The number of hydrogen-bond donors (Lipinski definition) is 0. The number of likely N-dealkylation sites (N-methyl/N-ethyl adjacent to an activating group) is 2. The molecule has 6 heteroatoms. The Morgan fingerprint density at radius 1 is 1.26 bits per heavy atom. The molecule has 2 atom stereocenters. The Kier molecular flexibility index (Phi) is 6.50. The zero-order valence-electron chi connectivity index (χ0n) is 16.5. The predicted molar refractivity (Wildman–Crippen MR) is 102 cm³/mol. The molecule has 0 bridgehead atoms. The van der Waals surface area contributed by atoms with Crippen LogP contribution in [0.3, 0.4) is 0 Å². The van der Waals surface area contributed by atoms with Gasteiger partial charge in [0.1, 0.15) is 6.61 Å². The summed E-state index contributed by atoms with van der Waals surface area (Å²) in [5, 5.41) is 0. The predicted octanol–water partition coefficient (Wildman–Crippen LogP) is 2.17. The lowest BCUT2D eigenvalue weighted by molar-refractivity contribution is -0.168. The third kappa shape index (κ3) is 4.33. The number of aryl methyl sites for hydroxylation is 1. The molecule has 2 aliphatic rings. The van der Waals surface area contributed by atoms with Crippen LogP contribution in [-0.4, -0.2) is 67.7 Å². The summed E-state index contributed by atoms with van der Waals surface area (Å²) in [7, 11) is 1.76. The average molecular weight is 374 g/mol. The van der Waals surface area contributed by atoms with Gasteiger partial charge in [0.2, 0.25) is 5.91 Å². The van der Waals surface area contributed by atoms with E-state index in [1.54, 1.807) is 11.9 Å². The van der Waals surface area contributed by atoms with Crippen LogP contribution in [0, 0.1) is 12.8 Å². The van der Waals surface area contributed by atoms with Crippen LogP contribution in [0.1, 0.15) is 36.9 Å². The van der Waals surface area contributed by atoms with E-state index in [2.05, 4.69) is 0 Å². The molecule has 2 saturated heterocycles. The van der Waals surface area contributed by atoms with Crippen molar-refractivity contribution in [2.24, 2.45) is 5.92 Å². The summed E-state index contributed by atoms with van der Waals surface area (Å²) in [6.45, 7) is 6.83. The third-order valence-corrected chi connectivity index (χ3v) is 5.75. The normalized spacial score (nSPS) is 24.1. The molecular weight excluding hydrogens is 344 g/mol. The van der Waals surface area contributed by atoms with Crippen LogP contribution in [0.5, 0.6) is 0 Å². The average Bonchev–Trinajstić information content (AvgIpc) is 2.69. The van der Waals surface area contributed by atoms with Crippen LogP contribution in [-0.2, 0) is 19.1 Å². The molecule has 1 aromatic rings. The second-order valence-corrected chi connectivity index (χ2v) is 7.47. The minimum atomic E-state index is -0.673. The number of hydrogen-bond acceptors (Lipinski definition) is 4. The maximum absolute atomic E-state index is 13.4. The van der Waals surface area contributed by atoms with E-state index < -0.39 is 12.1 Å². The molecular formula is C21H30N2O4. The highest BCUT2D eigenvalue weighted by Gasteiger charge is 2.42. The Hall–Kier alpha value is -1.92. The fourth-order valence-electron chi connectivity index (χ4n) is 4.00. The molecule has 2 fully saturated rings. The molecule has 0 spiro atoms. The van der Waals surface area contributed by atoms with Crippen LogP contribution >= 0.6 is 0 Å². The topological polar surface area (TPSA) is 59.1 Å². The van der Waals surface area contributed by atoms with Crippen LogP contribution in [0.15, 0.2) is 24.3 Å². The SMILES string of the molecule is CCN(CC1CCOCC1)C(=O)[C@H]1OCC(=O)N(C)[C@@H]1c1ccccc1C. The minimum absolute atomic E-state index is 0.0309. The van der Waals surface area contributed by atoms with Gasteiger partial charge in [0.05, 0.1) is 6.04 Å². The highest BCUT2D eigenvalue weighted by molar-refractivity contribution is 5.86. The van der Waals surface area contributed by atoms with Crippen molar-refractivity contribution in [2.75, 3.05) is 40.0 Å². The third-order valence-electron chi connectivity index (χ3n) is 5.75. The van der Waals surface area contributed by atoms with Crippen molar-refractivity contribution < 1.29 is 19.1 Å². The second kappa shape index (κ2) is 8.85. The molecule has 0 aliphatic carbocycles. The summed E-state index contributed by atoms with van der Waals surface area (Å²) in [6.07, 6.45) is 1.29. The number of carbonyl (C=O) groups is 2. The van der Waals surface area contributed by atoms with Crippen molar-refractivity contribution in [2.45, 2.75) is 38.8 Å². The first kappa shape index (κ1) is 19.8. The highest BCUT2D eigenvalue weighted by atomic mass is 16.5. The van der Waals surface area contributed by atoms with Gasteiger partial charge in [-0.1, -0.05) is 24.3 Å². The van der Waals surface area contributed by atoms with E-state index >= 15 is 0 Å². The Bertz CT molecular complexity index is 672. The number of nitrogens with zero attached hydrogens (tertiary/aromatic N) is 2. The summed E-state index contributed by atoms with van der Waals surface area (Å²) < 4.78 is 11.2. The molecule has 2 heterocycles. The Balaban J connectivity index is 1.83. The van der Waals surface area contributed by atoms with Gasteiger partial charge in [0, 0.05) is 33.4 Å². The molecule has 0 unspecified atom stereocenters. The molecule has 2 amide bonds. The minimum Gasteiger partial charge on any atom is -0.381 e. The van der Waals surface area contributed by atoms with Gasteiger partial charge in [-0.25, -0.2) is 0 Å². The Labute approximate surface area is 161 Å². The number of carbonyl (C=O) groups excluding carboxylic acids is 2. The van der Waals surface area contributed by atoms with Crippen molar-refractivity contribution in [3.63, 3.8) is 0 Å². The van der Waals surface area contributed by atoms with Gasteiger partial charge in [-0.2, -0.15) is 0 Å². The van der Waals surface area contributed by atoms with E-state index in [1.165, 1.54) is 0 Å². The second-order valence-electron chi connectivity index (χ2n) is 7.47. The zero-order chi connectivity index (χ0) is 19.4. The van der Waals surface area contributed by atoms with E-state index in [9.17, 15) is 9.59 Å². The monoisotopic (exact) mass is 374 g/mol. The Morgan fingerprint density at radius 2 is 1.96 bits per heavy atom. The van der Waals surface area contributed by atoms with Crippen LogP contribution in [0.25, 0.3) is 0 Å². The molecule has 6 nitrogen and oxygen atoms in total. The van der Waals surface area contributed by atoms with Crippen LogP contribution in [0.4, 0.5) is 0 Å². The molecule has 148 valence electrons. The summed E-state index contributed by atoms with van der Waals surface area (Å²) in [5.41, 5.74) is 2.02. The van der Waals surface area contributed by atoms with Crippen molar-refractivity contribution in [1.82, 2.24) is 9.80 Å². The quantitative estimate of drug-likeness (QED) is 0.793. The highest BCUT2D eigenvalue weighted by Crippen LogP contribution is 2.32. The number of morpholine rings is 1. The molecule has 0 N–H and O–H groups in total. The first-order chi connectivity index (χ1) is 13.0. The fourth-order valence-corrected chi connectivity index (χ4v) is 4.00. The lowest BCUT2D eigenvalue weighted by atomic mass is 9.93. The van der Waals surface area contributed by atoms with E-state index in [4.69, 9.17) is 9.47 Å². The number of rotatable bonds is 5. The van der Waals surface area contributed by atoms with Gasteiger partial charge in [-0.3, -0.25) is 9.59 Å². The standard InChI is InChI=1S/C21H30N2O4/c1-4-23(13-16-9-11-26-12-10-16)21(25)20-19(22(3)18(24)14-27-20)17-8-6-5-7-15(17)2/h5-8,16,19-20H,4,9-14H2,1-3H3/t19-,20+/m1/s1. The lowest BCUT2D eigenvalue weighted by Gasteiger charge is -2.41. The van der Waals surface area contributed by atoms with E-state index in [1.807, 2.05) is 43.0 Å². The van der Waals surface area contributed by atoms with Gasteiger partial charge in [-0.05, 0) is 43.7 Å². The van der Waals surface area contributed by atoms with Crippen LogP contribution < -0.4 is 0 Å². The maximum Gasteiger partial charge on any atom is 0.254 e. The molecule has 3 rings (SSSR count). The number of amides is 2. The number of benzene rings is 1. The van der Waals surface area contributed by atoms with Gasteiger partial charge >= 0.3 is 0 Å². The van der Waals surface area contributed by atoms with Gasteiger partial charge in [0.25, 0.3) is 5.91 Å². The fraction of sp³-hybridized carbons (Fsp3) is 0.619. The van der Waals surface area contributed by atoms with Crippen LogP contribution in [0.2, 0.25) is 0 Å². The van der Waals surface area contributed by atoms with E-state index in [0.717, 1.165) is 43.7 Å². The maximum atomic E-state index is 13.4. The van der Waals surface area contributed by atoms with Gasteiger partial charge < -0.3 is 19.3 Å². The number of ether oxygens (including phenoxy) is 2. The van der Waals surface area contributed by atoms with E-state index in [-0.39, 0.29) is 18.4 Å². The summed E-state index contributed by atoms with van der Waals surface area (Å²) in [4.78, 5) is 29.2. The molecule has 0 radical (unpaired) electrons. The van der Waals surface area contributed by atoms with Crippen molar-refractivity contribution in [3.8, 4) is 0 Å². The van der Waals surface area contributed by atoms with E-state index in [0.29, 0.717) is 12.5 Å².